The van der Waals surface area contributed by atoms with Crippen molar-refractivity contribution in [3.8, 4) is 5.75 Å². The van der Waals surface area contributed by atoms with Gasteiger partial charge < -0.3 is 13.6 Å². The Balaban J connectivity index is 2.54. The lowest BCUT2D eigenvalue weighted by atomic mass is 10.3. The highest BCUT2D eigenvalue weighted by atomic mass is 28.4. The fraction of sp³-hybridized carbons (Fsp3) is 0.562. The van der Waals surface area contributed by atoms with Crippen LogP contribution in [-0.2, 0) is 8.85 Å². The molecule has 1 aromatic rings. The highest BCUT2D eigenvalue weighted by Crippen LogP contribution is 2.25. The Bertz CT molecular complexity index is 644. The second-order valence-corrected chi connectivity index (χ2v) is 9.05. The molecule has 0 spiro atoms. The van der Waals surface area contributed by atoms with Gasteiger partial charge in [-0.05, 0) is 39.3 Å². The van der Waals surface area contributed by atoms with Gasteiger partial charge in [0, 0.05) is 19.3 Å². The second-order valence-electron chi connectivity index (χ2n) is 5.71. The molecule has 0 N–H and O–H groups in total. The molecule has 1 rings (SSSR count). The van der Waals surface area contributed by atoms with Crippen molar-refractivity contribution in [2.24, 2.45) is 0 Å². The summed E-state index contributed by atoms with van der Waals surface area (Å²) in [6.45, 7) is 6.13. The maximum atomic E-state index is 13.7. The molecule has 154 valence electrons. The van der Waals surface area contributed by atoms with Crippen LogP contribution in [0.15, 0.2) is 6.07 Å². The Morgan fingerprint density at radius 2 is 1.63 bits per heavy atom. The summed E-state index contributed by atoms with van der Waals surface area (Å²) in [7, 11) is -2.36. The quantitative estimate of drug-likeness (QED) is 0.137. The Morgan fingerprint density at radius 1 is 1.04 bits per heavy atom. The number of hydrogen-bond acceptors (Lipinski definition) is 4. The van der Waals surface area contributed by atoms with Crippen molar-refractivity contribution < 1.29 is 40.4 Å². The standard InChI is InChI=1S/C16H22F5NO4Si/c1-4-24-27(3,25-5-2)9-7-6-8-22(21)16(23)26-12-10-11(17)13(18)15(20)14(12)19/h10H,4-9H2,1-3H3. The minimum atomic E-state index is -2.36. The summed E-state index contributed by atoms with van der Waals surface area (Å²) in [6.07, 6.45) is -0.956. The van der Waals surface area contributed by atoms with Crippen LogP contribution in [0.1, 0.15) is 26.7 Å². The van der Waals surface area contributed by atoms with E-state index in [4.69, 9.17) is 8.85 Å². The Kier molecular flexibility index (Phi) is 9.13. The summed E-state index contributed by atoms with van der Waals surface area (Å²) >= 11 is 0. The fourth-order valence-corrected chi connectivity index (χ4v) is 4.84. The van der Waals surface area contributed by atoms with Crippen LogP contribution < -0.4 is 4.74 Å². The molecule has 0 unspecified atom stereocenters. The molecule has 11 heteroatoms. The molecule has 0 aliphatic carbocycles. The molecular formula is C16H22F5NO4Si. The van der Waals surface area contributed by atoms with Gasteiger partial charge in [-0.1, -0.05) is 4.48 Å². The number of ether oxygens (including phenoxy) is 1. The van der Waals surface area contributed by atoms with E-state index in [-0.39, 0.29) is 17.6 Å². The SMILES string of the molecule is CCO[Si](C)(CCCCN(F)C(=O)Oc1cc(F)c(F)c(F)c1F)OCC. The molecule has 1 amide bonds. The maximum Gasteiger partial charge on any atom is 0.443 e. The third-order valence-electron chi connectivity index (χ3n) is 3.60. The van der Waals surface area contributed by atoms with E-state index in [0.29, 0.717) is 25.7 Å². The first-order valence-corrected chi connectivity index (χ1v) is 10.9. The molecule has 0 aliphatic rings. The van der Waals surface area contributed by atoms with Crippen molar-refractivity contribution in [1.82, 2.24) is 5.12 Å². The van der Waals surface area contributed by atoms with E-state index in [1.165, 1.54) is 0 Å². The van der Waals surface area contributed by atoms with Crippen LogP contribution in [0.4, 0.5) is 26.8 Å². The summed E-state index contributed by atoms with van der Waals surface area (Å²) in [5.74, 6) is -9.14. The molecular weight excluding hydrogens is 393 g/mol. The van der Waals surface area contributed by atoms with Crippen molar-refractivity contribution in [2.75, 3.05) is 19.8 Å². The lowest BCUT2D eigenvalue weighted by Crippen LogP contribution is -2.38. The number of nitrogens with zero attached hydrogens (tertiary/aromatic N) is 1. The molecule has 0 saturated heterocycles. The molecule has 0 saturated carbocycles. The second kappa shape index (κ2) is 10.6. The van der Waals surface area contributed by atoms with Crippen molar-refractivity contribution in [1.29, 1.82) is 0 Å². The van der Waals surface area contributed by atoms with Gasteiger partial charge in [0.2, 0.25) is 11.6 Å². The molecule has 5 nitrogen and oxygen atoms in total. The van der Waals surface area contributed by atoms with Gasteiger partial charge in [-0.3, -0.25) is 0 Å². The number of amides is 1. The average Bonchev–Trinajstić information content (AvgIpc) is 2.61. The molecule has 0 atom stereocenters. The van der Waals surface area contributed by atoms with Gasteiger partial charge in [-0.2, -0.15) is 4.39 Å². The Morgan fingerprint density at radius 3 is 2.19 bits per heavy atom. The summed E-state index contributed by atoms with van der Waals surface area (Å²) in [4.78, 5) is 11.6. The number of rotatable bonds is 10. The van der Waals surface area contributed by atoms with E-state index in [1.807, 2.05) is 20.4 Å². The number of carbonyl (C=O) groups is 1. The van der Waals surface area contributed by atoms with Crippen LogP contribution in [0.3, 0.4) is 0 Å². The Labute approximate surface area is 155 Å². The van der Waals surface area contributed by atoms with Crippen LogP contribution in [0.25, 0.3) is 0 Å². The van der Waals surface area contributed by atoms with Gasteiger partial charge >= 0.3 is 14.7 Å². The third kappa shape index (κ3) is 6.74. The van der Waals surface area contributed by atoms with Gasteiger partial charge in [0.05, 0.1) is 6.54 Å². The van der Waals surface area contributed by atoms with E-state index < -0.39 is 50.2 Å². The molecule has 1 aromatic carbocycles. The van der Waals surface area contributed by atoms with Crippen molar-refractivity contribution in [3.63, 3.8) is 0 Å². The zero-order valence-electron chi connectivity index (χ0n) is 15.3. The van der Waals surface area contributed by atoms with E-state index in [1.54, 1.807) is 0 Å². The van der Waals surface area contributed by atoms with E-state index >= 15 is 0 Å². The lowest BCUT2D eigenvalue weighted by Gasteiger charge is -2.26. The van der Waals surface area contributed by atoms with Gasteiger partial charge in [0.25, 0.3) is 0 Å². The van der Waals surface area contributed by atoms with Gasteiger partial charge in [0.15, 0.2) is 17.4 Å². The predicted molar refractivity (Wildman–Crippen MR) is 89.0 cm³/mol. The molecule has 0 aromatic heterocycles. The molecule has 0 radical (unpaired) electrons. The number of halogens is 5. The summed E-state index contributed by atoms with van der Waals surface area (Å²) in [5.41, 5.74) is 0. The number of hydrogen-bond donors (Lipinski definition) is 0. The molecule has 0 fully saturated rings. The minimum absolute atomic E-state index is 0.126. The monoisotopic (exact) mass is 415 g/mol. The molecule has 27 heavy (non-hydrogen) atoms. The average molecular weight is 415 g/mol. The van der Waals surface area contributed by atoms with Crippen molar-refractivity contribution in [3.05, 3.63) is 29.3 Å². The number of unbranched alkanes of at least 4 members (excludes halogenated alkanes) is 1. The van der Waals surface area contributed by atoms with Crippen molar-refractivity contribution in [2.45, 2.75) is 39.3 Å². The summed E-state index contributed by atoms with van der Waals surface area (Å²) in [6, 6.07) is 0.696. The topological polar surface area (TPSA) is 48.0 Å². The van der Waals surface area contributed by atoms with Gasteiger partial charge in [0.1, 0.15) is 0 Å². The normalized spacial score (nSPS) is 11.6. The first-order valence-electron chi connectivity index (χ1n) is 8.41. The predicted octanol–water partition coefficient (Wildman–Crippen LogP) is 4.85. The highest BCUT2D eigenvalue weighted by Gasteiger charge is 2.30. The van der Waals surface area contributed by atoms with Crippen LogP contribution in [0.5, 0.6) is 5.75 Å². The lowest BCUT2D eigenvalue weighted by molar-refractivity contribution is 0.0348. The van der Waals surface area contributed by atoms with E-state index in [0.717, 1.165) is 0 Å². The van der Waals surface area contributed by atoms with Gasteiger partial charge in [-0.15, -0.1) is 5.12 Å². The summed E-state index contributed by atoms with van der Waals surface area (Å²) in [5, 5.41) is -0.362. The molecule has 0 aliphatic heterocycles. The number of benzene rings is 1. The Hall–Kier alpha value is -1.72. The summed E-state index contributed by atoms with van der Waals surface area (Å²) < 4.78 is 81.6. The minimum Gasteiger partial charge on any atom is -0.405 e. The van der Waals surface area contributed by atoms with Gasteiger partial charge in [-0.25, -0.2) is 18.0 Å². The van der Waals surface area contributed by atoms with Crippen LogP contribution in [0.2, 0.25) is 12.6 Å². The smallest absolute Gasteiger partial charge is 0.405 e. The molecule has 0 heterocycles. The maximum absolute atomic E-state index is 13.7. The fourth-order valence-electron chi connectivity index (χ4n) is 2.35. The first kappa shape index (κ1) is 23.3. The van der Waals surface area contributed by atoms with Crippen molar-refractivity contribution >= 4 is 14.7 Å². The number of carbonyl (C=O) groups excluding carboxylic acids is 1. The van der Waals surface area contributed by atoms with Crippen LogP contribution in [-0.4, -0.2) is 39.5 Å². The largest absolute Gasteiger partial charge is 0.443 e. The van der Waals surface area contributed by atoms with E-state index in [2.05, 4.69) is 4.74 Å². The third-order valence-corrected chi connectivity index (χ3v) is 6.66. The van der Waals surface area contributed by atoms with E-state index in [9.17, 15) is 26.8 Å². The zero-order chi connectivity index (χ0) is 20.6. The van der Waals surface area contributed by atoms with Crippen LogP contribution in [0, 0.1) is 23.3 Å². The van der Waals surface area contributed by atoms with Crippen LogP contribution >= 0.6 is 0 Å². The first-order chi connectivity index (χ1) is 12.6. The molecule has 0 bridgehead atoms. The highest BCUT2D eigenvalue weighted by molar-refractivity contribution is 6.66. The zero-order valence-corrected chi connectivity index (χ0v) is 16.3.